The Hall–Kier alpha value is -2.97. The van der Waals surface area contributed by atoms with Crippen LogP contribution in [0.1, 0.15) is 23.3 Å². The molecule has 1 atom stereocenters. The molecule has 7 nitrogen and oxygen atoms in total. The van der Waals surface area contributed by atoms with E-state index in [1.54, 1.807) is 10.7 Å². The number of hydrogen-bond acceptors (Lipinski definition) is 6. The standard InChI is InChI=1S/C21H21N3O4S/c25-20(22-13-16-8-4-10-27-16)14-28-21(26)18-12-17(19-9-5-11-29-19)23-24(18)15-6-2-1-3-7-15/h1-3,5-7,9,11-12,16H,4,8,10,13-14H2,(H,22,25). The topological polar surface area (TPSA) is 82.5 Å². The third-order valence-corrected chi connectivity index (χ3v) is 5.47. The Kier molecular flexibility index (Phi) is 6.02. The first kappa shape index (κ1) is 19.4. The van der Waals surface area contributed by atoms with E-state index in [9.17, 15) is 9.59 Å². The van der Waals surface area contributed by atoms with Crippen LogP contribution in [0, 0.1) is 0 Å². The number of hydrogen-bond donors (Lipinski definition) is 1. The Bertz CT molecular complexity index is 963. The minimum atomic E-state index is -0.601. The molecule has 150 valence electrons. The molecule has 1 aliphatic heterocycles. The van der Waals surface area contributed by atoms with Crippen LogP contribution in [0.4, 0.5) is 0 Å². The summed E-state index contributed by atoms with van der Waals surface area (Å²) >= 11 is 1.54. The fraction of sp³-hybridized carbons (Fsp3) is 0.286. The second kappa shape index (κ2) is 9.02. The van der Waals surface area contributed by atoms with Crippen molar-refractivity contribution >= 4 is 23.2 Å². The summed E-state index contributed by atoms with van der Waals surface area (Å²) in [4.78, 5) is 25.7. The van der Waals surface area contributed by atoms with Gasteiger partial charge in [-0.2, -0.15) is 5.10 Å². The van der Waals surface area contributed by atoms with E-state index >= 15 is 0 Å². The van der Waals surface area contributed by atoms with Gasteiger partial charge in [-0.1, -0.05) is 24.3 Å². The lowest BCUT2D eigenvalue weighted by atomic mass is 10.2. The quantitative estimate of drug-likeness (QED) is 0.604. The summed E-state index contributed by atoms with van der Waals surface area (Å²) in [6.45, 7) is 0.812. The highest BCUT2D eigenvalue weighted by Crippen LogP contribution is 2.26. The third-order valence-electron chi connectivity index (χ3n) is 4.58. The number of amides is 1. The minimum Gasteiger partial charge on any atom is -0.451 e. The molecule has 0 radical (unpaired) electrons. The fourth-order valence-corrected chi connectivity index (χ4v) is 3.81. The van der Waals surface area contributed by atoms with Gasteiger partial charge in [0, 0.05) is 19.2 Å². The van der Waals surface area contributed by atoms with Crippen LogP contribution in [-0.2, 0) is 14.3 Å². The molecule has 1 fully saturated rings. The maximum atomic E-state index is 12.7. The van der Waals surface area contributed by atoms with Crippen LogP contribution >= 0.6 is 11.3 Å². The summed E-state index contributed by atoms with van der Waals surface area (Å²) in [6.07, 6.45) is 1.98. The van der Waals surface area contributed by atoms with Crippen LogP contribution in [0.15, 0.2) is 53.9 Å². The first-order chi connectivity index (χ1) is 14.2. The van der Waals surface area contributed by atoms with Gasteiger partial charge in [-0.15, -0.1) is 11.3 Å². The molecule has 0 aliphatic carbocycles. The summed E-state index contributed by atoms with van der Waals surface area (Å²) in [5.74, 6) is -0.950. The van der Waals surface area contributed by atoms with Crippen molar-refractivity contribution in [2.75, 3.05) is 19.8 Å². The number of aromatic nitrogens is 2. The largest absolute Gasteiger partial charge is 0.451 e. The summed E-state index contributed by atoms with van der Waals surface area (Å²) in [7, 11) is 0. The number of esters is 1. The number of benzene rings is 1. The van der Waals surface area contributed by atoms with Gasteiger partial charge in [-0.25, -0.2) is 9.48 Å². The average Bonchev–Trinajstić information content (AvgIpc) is 3.51. The Labute approximate surface area is 172 Å². The summed E-state index contributed by atoms with van der Waals surface area (Å²) in [5, 5.41) is 9.26. The van der Waals surface area contributed by atoms with Gasteiger partial charge in [-0.3, -0.25) is 4.79 Å². The molecule has 0 saturated carbocycles. The van der Waals surface area contributed by atoms with Gasteiger partial charge in [-0.05, 0) is 36.4 Å². The zero-order valence-electron chi connectivity index (χ0n) is 15.7. The lowest BCUT2D eigenvalue weighted by Gasteiger charge is -2.11. The molecule has 29 heavy (non-hydrogen) atoms. The number of nitrogens with zero attached hydrogens (tertiary/aromatic N) is 2. The van der Waals surface area contributed by atoms with Crippen LogP contribution in [0.2, 0.25) is 0 Å². The lowest BCUT2D eigenvalue weighted by molar-refractivity contribution is -0.124. The zero-order valence-corrected chi connectivity index (χ0v) is 16.6. The highest BCUT2D eigenvalue weighted by molar-refractivity contribution is 7.13. The molecule has 1 N–H and O–H groups in total. The molecule has 1 amide bonds. The highest BCUT2D eigenvalue weighted by atomic mass is 32.1. The minimum absolute atomic E-state index is 0.0440. The number of ether oxygens (including phenoxy) is 2. The fourth-order valence-electron chi connectivity index (χ4n) is 3.13. The molecule has 1 saturated heterocycles. The Morgan fingerprint density at radius 3 is 2.83 bits per heavy atom. The van der Waals surface area contributed by atoms with Crippen LogP contribution < -0.4 is 5.32 Å². The van der Waals surface area contributed by atoms with Gasteiger partial charge in [0.15, 0.2) is 12.3 Å². The number of para-hydroxylation sites is 1. The third kappa shape index (κ3) is 4.72. The molecule has 3 aromatic rings. The van der Waals surface area contributed by atoms with Gasteiger partial charge in [0.2, 0.25) is 0 Å². The van der Waals surface area contributed by atoms with Crippen molar-refractivity contribution in [2.45, 2.75) is 18.9 Å². The van der Waals surface area contributed by atoms with E-state index in [4.69, 9.17) is 9.47 Å². The Morgan fingerprint density at radius 2 is 2.10 bits per heavy atom. The van der Waals surface area contributed by atoms with E-state index in [1.807, 2.05) is 47.8 Å². The maximum Gasteiger partial charge on any atom is 0.357 e. The van der Waals surface area contributed by atoms with Crippen LogP contribution in [0.25, 0.3) is 16.3 Å². The van der Waals surface area contributed by atoms with Crippen molar-refractivity contribution in [2.24, 2.45) is 0 Å². The first-order valence-electron chi connectivity index (χ1n) is 9.45. The molecule has 3 heterocycles. The van der Waals surface area contributed by atoms with Crippen molar-refractivity contribution in [3.05, 3.63) is 59.6 Å². The van der Waals surface area contributed by atoms with Crippen molar-refractivity contribution in [1.29, 1.82) is 0 Å². The number of rotatable bonds is 7. The SMILES string of the molecule is O=C(COC(=O)c1cc(-c2cccs2)nn1-c1ccccc1)NCC1CCCO1. The molecule has 2 aromatic heterocycles. The van der Waals surface area contributed by atoms with Gasteiger partial charge >= 0.3 is 5.97 Å². The summed E-state index contributed by atoms with van der Waals surface area (Å²) in [6, 6.07) is 14.9. The molecule has 4 rings (SSSR count). The molecular formula is C21H21N3O4S. The number of nitrogens with one attached hydrogen (secondary N) is 1. The Balaban J connectivity index is 1.46. The predicted octanol–water partition coefficient (Wildman–Crippen LogP) is 3.05. The second-order valence-electron chi connectivity index (χ2n) is 6.65. The Morgan fingerprint density at radius 1 is 1.24 bits per heavy atom. The summed E-state index contributed by atoms with van der Waals surface area (Å²) < 4.78 is 12.3. The van der Waals surface area contributed by atoms with E-state index < -0.39 is 5.97 Å². The second-order valence-corrected chi connectivity index (χ2v) is 7.60. The predicted molar refractivity (Wildman–Crippen MR) is 109 cm³/mol. The van der Waals surface area contributed by atoms with E-state index in [-0.39, 0.29) is 24.3 Å². The van der Waals surface area contributed by atoms with E-state index in [1.165, 1.54) is 11.3 Å². The number of thiophene rings is 1. The van der Waals surface area contributed by atoms with Gasteiger partial charge in [0.1, 0.15) is 5.69 Å². The average molecular weight is 411 g/mol. The van der Waals surface area contributed by atoms with Crippen molar-refractivity contribution in [3.63, 3.8) is 0 Å². The van der Waals surface area contributed by atoms with Gasteiger partial charge < -0.3 is 14.8 Å². The number of carbonyl (C=O) groups excluding carboxylic acids is 2. The van der Waals surface area contributed by atoms with Crippen molar-refractivity contribution in [1.82, 2.24) is 15.1 Å². The highest BCUT2D eigenvalue weighted by Gasteiger charge is 2.21. The van der Waals surface area contributed by atoms with Gasteiger partial charge in [0.05, 0.1) is 16.7 Å². The maximum absolute atomic E-state index is 12.7. The normalized spacial score (nSPS) is 15.9. The molecule has 1 aliphatic rings. The van der Waals surface area contributed by atoms with E-state index in [2.05, 4.69) is 10.4 Å². The van der Waals surface area contributed by atoms with Crippen molar-refractivity contribution in [3.8, 4) is 16.3 Å². The molecule has 1 aromatic carbocycles. The van der Waals surface area contributed by atoms with E-state index in [0.29, 0.717) is 12.2 Å². The molecular weight excluding hydrogens is 390 g/mol. The lowest BCUT2D eigenvalue weighted by Crippen LogP contribution is -2.35. The van der Waals surface area contributed by atoms with E-state index in [0.717, 1.165) is 30.0 Å². The molecule has 8 heteroatoms. The first-order valence-corrected chi connectivity index (χ1v) is 10.3. The number of carbonyl (C=O) groups is 2. The molecule has 0 bridgehead atoms. The van der Waals surface area contributed by atoms with Crippen LogP contribution in [-0.4, -0.2) is 47.5 Å². The van der Waals surface area contributed by atoms with Crippen LogP contribution in [0.5, 0.6) is 0 Å². The summed E-state index contributed by atoms with van der Waals surface area (Å²) in [5.41, 5.74) is 1.69. The monoisotopic (exact) mass is 411 g/mol. The molecule has 0 spiro atoms. The smallest absolute Gasteiger partial charge is 0.357 e. The zero-order chi connectivity index (χ0) is 20.1. The van der Waals surface area contributed by atoms with Gasteiger partial charge in [0.25, 0.3) is 5.91 Å². The van der Waals surface area contributed by atoms with Crippen molar-refractivity contribution < 1.29 is 19.1 Å². The molecule has 1 unspecified atom stereocenters. The van der Waals surface area contributed by atoms with Crippen LogP contribution in [0.3, 0.4) is 0 Å².